The summed E-state index contributed by atoms with van der Waals surface area (Å²) in [4.78, 5) is 10.7. The average Bonchev–Trinajstić information content (AvgIpc) is 1.93. The predicted octanol–water partition coefficient (Wildman–Crippen LogP) is 1.78. The second-order valence-electron chi connectivity index (χ2n) is 2.44. The molecule has 2 nitrogen and oxygen atoms in total. The van der Waals surface area contributed by atoms with Crippen LogP contribution in [0.3, 0.4) is 0 Å². The molecule has 0 saturated carbocycles. The number of allylic oxidation sites excluding steroid dienone is 1. The highest BCUT2D eigenvalue weighted by atomic mass is 16.5. The molecule has 10 heavy (non-hydrogen) atoms. The van der Waals surface area contributed by atoms with Crippen molar-refractivity contribution < 1.29 is 9.53 Å². The lowest BCUT2D eigenvalue weighted by Gasteiger charge is -1.99. The molecule has 0 unspecified atom stereocenters. The maximum atomic E-state index is 10.7. The van der Waals surface area contributed by atoms with Gasteiger partial charge in [0, 0.05) is 12.8 Å². The van der Waals surface area contributed by atoms with E-state index in [1.54, 1.807) is 0 Å². The summed E-state index contributed by atoms with van der Waals surface area (Å²) in [5, 5.41) is 0. The molecule has 0 aliphatic carbocycles. The fourth-order valence-electron chi connectivity index (χ4n) is 0.894. The van der Waals surface area contributed by atoms with Crippen LogP contribution >= 0.6 is 0 Å². The Kier molecular flexibility index (Phi) is 1.90. The molecule has 0 aromatic carbocycles. The third kappa shape index (κ3) is 1.72. The molecule has 1 heterocycles. The van der Waals surface area contributed by atoms with E-state index < -0.39 is 0 Å². The molecule has 2 heteroatoms. The zero-order chi connectivity index (χ0) is 7.56. The van der Waals surface area contributed by atoms with Gasteiger partial charge in [0.2, 0.25) is 0 Å². The number of hydrogen-bond acceptors (Lipinski definition) is 2. The molecule has 0 atom stereocenters. The van der Waals surface area contributed by atoms with Crippen molar-refractivity contribution >= 4 is 5.97 Å². The van der Waals surface area contributed by atoms with Crippen molar-refractivity contribution in [2.75, 3.05) is 0 Å². The van der Waals surface area contributed by atoms with Crippen molar-refractivity contribution in [3.05, 3.63) is 24.5 Å². The van der Waals surface area contributed by atoms with E-state index >= 15 is 0 Å². The van der Waals surface area contributed by atoms with Crippen LogP contribution in [-0.4, -0.2) is 5.97 Å². The van der Waals surface area contributed by atoms with E-state index in [0.717, 1.165) is 12.0 Å². The minimum atomic E-state index is -0.191. The summed E-state index contributed by atoms with van der Waals surface area (Å²) in [5.74, 6) is 0.330. The van der Waals surface area contributed by atoms with Gasteiger partial charge in [-0.05, 0) is 6.42 Å². The van der Waals surface area contributed by atoms with Gasteiger partial charge in [-0.1, -0.05) is 18.7 Å². The lowest BCUT2D eigenvalue weighted by molar-refractivity contribution is -0.138. The van der Waals surface area contributed by atoms with E-state index in [1.807, 2.05) is 0 Å². The molecule has 1 aliphatic rings. The molecular weight excluding hydrogens is 128 g/mol. The first kappa shape index (κ1) is 7.06. The van der Waals surface area contributed by atoms with Crippen LogP contribution in [0.1, 0.15) is 19.3 Å². The molecule has 0 radical (unpaired) electrons. The molecule has 0 amide bonds. The quantitative estimate of drug-likeness (QED) is 0.376. The number of cyclic esters (lactones) is 1. The average molecular weight is 138 g/mol. The highest BCUT2D eigenvalue weighted by Crippen LogP contribution is 2.19. The minimum absolute atomic E-state index is 0.191. The number of rotatable bonds is 0. The van der Waals surface area contributed by atoms with Crippen LogP contribution in [0.25, 0.3) is 0 Å². The van der Waals surface area contributed by atoms with Crippen LogP contribution in [-0.2, 0) is 9.53 Å². The summed E-state index contributed by atoms with van der Waals surface area (Å²) < 4.78 is 4.79. The lowest BCUT2D eigenvalue weighted by Crippen LogP contribution is -1.98. The number of hydrogen-bond donors (Lipinski definition) is 0. The normalized spacial score (nSPS) is 20.2. The van der Waals surface area contributed by atoms with Crippen LogP contribution < -0.4 is 0 Å². The molecule has 54 valence electrons. The Balaban J connectivity index is 2.63. The maximum absolute atomic E-state index is 10.7. The largest absolute Gasteiger partial charge is 0.431 e. The summed E-state index contributed by atoms with van der Waals surface area (Å²) in [7, 11) is 0. The molecule has 0 aromatic heterocycles. The van der Waals surface area contributed by atoms with Crippen LogP contribution in [0.4, 0.5) is 0 Å². The Labute approximate surface area is 60.2 Å². The third-order valence-corrected chi connectivity index (χ3v) is 1.39. The topological polar surface area (TPSA) is 26.3 Å². The highest BCUT2D eigenvalue weighted by molar-refractivity contribution is 5.71. The van der Waals surface area contributed by atoms with Crippen LogP contribution in [0.2, 0.25) is 0 Å². The number of carbonyl (C=O) groups is 1. The zero-order valence-electron chi connectivity index (χ0n) is 5.85. The van der Waals surface area contributed by atoms with Crippen molar-refractivity contribution in [2.45, 2.75) is 19.3 Å². The van der Waals surface area contributed by atoms with E-state index in [-0.39, 0.29) is 5.97 Å². The molecule has 0 N–H and O–H groups in total. The van der Waals surface area contributed by atoms with Gasteiger partial charge >= 0.3 is 5.97 Å². The summed E-state index contributed by atoms with van der Waals surface area (Å²) in [6, 6.07) is 0. The summed E-state index contributed by atoms with van der Waals surface area (Å²) >= 11 is 0. The Morgan fingerprint density at radius 2 is 2.00 bits per heavy atom. The fraction of sp³-hybridized carbons (Fsp3) is 0.375. The van der Waals surface area contributed by atoms with Crippen molar-refractivity contribution in [1.29, 1.82) is 0 Å². The van der Waals surface area contributed by atoms with Crippen molar-refractivity contribution in [3.8, 4) is 0 Å². The maximum Gasteiger partial charge on any atom is 0.311 e. The second-order valence-corrected chi connectivity index (χ2v) is 2.44. The predicted molar refractivity (Wildman–Crippen MR) is 38.2 cm³/mol. The molecule has 1 fully saturated rings. The second kappa shape index (κ2) is 2.69. The molecule has 1 saturated heterocycles. The van der Waals surface area contributed by atoms with Crippen molar-refractivity contribution in [2.24, 2.45) is 0 Å². The monoisotopic (exact) mass is 138 g/mol. The molecule has 0 spiro atoms. The summed E-state index contributed by atoms with van der Waals surface area (Å²) in [5.41, 5.74) is 1.02. The standard InChI is InChI=1S/C8H10O2/c1-6-3-4-8(9)10-7(2)5-6/h1-5H2. The first-order chi connectivity index (χ1) is 4.68. The van der Waals surface area contributed by atoms with E-state index in [1.165, 1.54) is 0 Å². The van der Waals surface area contributed by atoms with Gasteiger partial charge in [-0.25, -0.2) is 0 Å². The van der Waals surface area contributed by atoms with Gasteiger partial charge in [0.15, 0.2) is 0 Å². The number of esters is 1. The smallest absolute Gasteiger partial charge is 0.311 e. The van der Waals surface area contributed by atoms with E-state index in [0.29, 0.717) is 18.6 Å². The van der Waals surface area contributed by atoms with Crippen molar-refractivity contribution in [3.63, 3.8) is 0 Å². The molecule has 1 rings (SSSR count). The van der Waals surface area contributed by atoms with Crippen LogP contribution in [0.15, 0.2) is 24.5 Å². The number of ether oxygens (including phenoxy) is 1. The van der Waals surface area contributed by atoms with Crippen LogP contribution in [0.5, 0.6) is 0 Å². The van der Waals surface area contributed by atoms with E-state index in [4.69, 9.17) is 4.74 Å². The van der Waals surface area contributed by atoms with Gasteiger partial charge in [0.05, 0.1) is 0 Å². The summed E-state index contributed by atoms with van der Waals surface area (Å²) in [6.45, 7) is 7.34. The lowest BCUT2D eigenvalue weighted by atomic mass is 10.1. The Bertz CT molecular complexity index is 171. The first-order valence-electron chi connectivity index (χ1n) is 3.23. The van der Waals surface area contributed by atoms with Gasteiger partial charge < -0.3 is 4.74 Å². The number of carbonyl (C=O) groups excluding carboxylic acids is 1. The van der Waals surface area contributed by atoms with Crippen LogP contribution in [0, 0.1) is 0 Å². The SMILES string of the molecule is C=C1CCC(=O)OC(=C)C1. The Morgan fingerprint density at radius 1 is 1.30 bits per heavy atom. The Morgan fingerprint density at radius 3 is 2.70 bits per heavy atom. The fourth-order valence-corrected chi connectivity index (χ4v) is 0.894. The van der Waals surface area contributed by atoms with Gasteiger partial charge in [-0.3, -0.25) is 4.79 Å². The molecule has 1 aliphatic heterocycles. The van der Waals surface area contributed by atoms with E-state index in [9.17, 15) is 4.79 Å². The van der Waals surface area contributed by atoms with Crippen molar-refractivity contribution in [1.82, 2.24) is 0 Å². The molecule has 0 aromatic rings. The Hall–Kier alpha value is -1.05. The third-order valence-electron chi connectivity index (χ3n) is 1.39. The van der Waals surface area contributed by atoms with Gasteiger partial charge in [0.1, 0.15) is 5.76 Å². The van der Waals surface area contributed by atoms with E-state index in [2.05, 4.69) is 13.2 Å². The first-order valence-corrected chi connectivity index (χ1v) is 3.23. The molecular formula is C8H10O2. The van der Waals surface area contributed by atoms with Gasteiger partial charge in [-0.2, -0.15) is 0 Å². The highest BCUT2D eigenvalue weighted by Gasteiger charge is 2.12. The van der Waals surface area contributed by atoms with Gasteiger partial charge in [-0.15, -0.1) is 0 Å². The van der Waals surface area contributed by atoms with Gasteiger partial charge in [0.25, 0.3) is 0 Å². The summed E-state index contributed by atoms with van der Waals surface area (Å²) in [6.07, 6.45) is 1.81. The minimum Gasteiger partial charge on any atom is -0.431 e. The molecule has 0 bridgehead atoms. The zero-order valence-corrected chi connectivity index (χ0v) is 5.85.